The smallest absolute Gasteiger partial charge is 0.146 e. The van der Waals surface area contributed by atoms with E-state index >= 15 is 0 Å². The minimum Gasteiger partial charge on any atom is -0.309 e. The zero-order chi connectivity index (χ0) is 36.1. The van der Waals surface area contributed by atoms with Crippen LogP contribution >= 0.6 is 0 Å². The van der Waals surface area contributed by atoms with E-state index in [-0.39, 0.29) is 5.41 Å². The molecule has 0 saturated heterocycles. The third-order valence-electron chi connectivity index (χ3n) is 10.9. The van der Waals surface area contributed by atoms with Crippen molar-refractivity contribution in [2.75, 3.05) is 0 Å². The zero-order valence-corrected chi connectivity index (χ0v) is 30.1. The Hall–Kier alpha value is -6.92. The predicted octanol–water partition coefficient (Wildman–Crippen LogP) is 11.9. The highest BCUT2D eigenvalue weighted by molar-refractivity contribution is 6.15. The summed E-state index contributed by atoms with van der Waals surface area (Å²) in [7, 11) is 0. The topological polar surface area (TPSA) is 61.4 Å². The maximum atomic E-state index is 5.15. The van der Waals surface area contributed by atoms with Crippen molar-refractivity contribution in [3.63, 3.8) is 0 Å². The van der Waals surface area contributed by atoms with E-state index in [0.29, 0.717) is 0 Å². The molecule has 11 aromatic rings. The van der Waals surface area contributed by atoms with Crippen molar-refractivity contribution in [3.05, 3.63) is 158 Å². The third kappa shape index (κ3) is 4.66. The summed E-state index contributed by atoms with van der Waals surface area (Å²) in [6.07, 6.45) is 5.68. The van der Waals surface area contributed by atoms with Gasteiger partial charge in [0.1, 0.15) is 11.5 Å². The Morgan fingerprint density at radius 1 is 0.481 bits per heavy atom. The molecule has 0 atom stereocenters. The molecule has 11 rings (SSSR count). The monoisotopic (exact) mass is 694 g/mol. The summed E-state index contributed by atoms with van der Waals surface area (Å²) in [5.41, 5.74) is 10.1. The number of nitrogens with zero attached hydrogens (tertiary/aromatic N) is 6. The third-order valence-corrected chi connectivity index (χ3v) is 10.9. The average molecular weight is 695 g/mol. The quantitative estimate of drug-likeness (QED) is 0.173. The van der Waals surface area contributed by atoms with Crippen molar-refractivity contribution in [2.24, 2.45) is 0 Å². The highest BCUT2D eigenvalue weighted by atomic mass is 15.1. The van der Waals surface area contributed by atoms with Gasteiger partial charge in [0.2, 0.25) is 0 Å². The Balaban J connectivity index is 1.18. The fourth-order valence-corrected chi connectivity index (χ4v) is 8.19. The predicted molar refractivity (Wildman–Crippen MR) is 223 cm³/mol. The summed E-state index contributed by atoms with van der Waals surface area (Å²) in [5, 5.41) is 9.35. The van der Waals surface area contributed by atoms with Crippen molar-refractivity contribution in [2.45, 2.75) is 26.2 Å². The number of pyridine rings is 2. The molecule has 0 saturated carbocycles. The normalized spacial score (nSPS) is 12.4. The van der Waals surface area contributed by atoms with Gasteiger partial charge in [0.15, 0.2) is 0 Å². The molecule has 0 amide bonds. The van der Waals surface area contributed by atoms with Gasteiger partial charge in [-0.1, -0.05) is 87.5 Å². The van der Waals surface area contributed by atoms with Gasteiger partial charge in [-0.3, -0.25) is 9.55 Å². The minimum atomic E-state index is -0.0261. The standard InChI is InChI=1S/C48H34N6/c1-48(2,3)34-18-20-49-46(26-34)54-45-27-35(15-17-36(45)38-13-8-19-50-47(38)54)53-43-25-33(14-16-37(43)39-21-29-9-4-7-12-32(29)24-44(39)53)42-28-51-40-22-30-10-5-6-11-31(30)23-41(40)52-42/h4-28H,1-3H3. The second-order valence-corrected chi connectivity index (χ2v) is 15.3. The highest BCUT2D eigenvalue weighted by Crippen LogP contribution is 2.39. The first-order valence-corrected chi connectivity index (χ1v) is 18.4. The van der Waals surface area contributed by atoms with Crippen LogP contribution in [0.5, 0.6) is 0 Å². The van der Waals surface area contributed by atoms with Gasteiger partial charge in [0.25, 0.3) is 0 Å². The molecule has 6 heteroatoms. The lowest BCUT2D eigenvalue weighted by Crippen LogP contribution is -2.12. The maximum Gasteiger partial charge on any atom is 0.146 e. The van der Waals surface area contributed by atoms with Crippen molar-refractivity contribution < 1.29 is 0 Å². The summed E-state index contributed by atoms with van der Waals surface area (Å²) in [6, 6.07) is 47.8. The fraction of sp³-hybridized carbons (Fsp3) is 0.0833. The lowest BCUT2D eigenvalue weighted by atomic mass is 9.88. The molecule has 0 radical (unpaired) electrons. The first-order chi connectivity index (χ1) is 26.4. The Morgan fingerprint density at radius 3 is 1.96 bits per heavy atom. The Kier molecular flexibility index (Phi) is 6.41. The SMILES string of the molecule is CC(C)(C)c1ccnc(-n2c3cc(-n4c5cc(-c6cnc7cc8ccccc8cc7n6)ccc5c5cc6ccccc6cc54)ccc3c3cccnc32)c1. The van der Waals surface area contributed by atoms with E-state index in [1.165, 1.54) is 27.1 Å². The highest BCUT2D eigenvalue weighted by Gasteiger charge is 2.21. The molecule has 0 unspecified atom stereocenters. The van der Waals surface area contributed by atoms with E-state index in [9.17, 15) is 0 Å². The average Bonchev–Trinajstić information content (AvgIpc) is 3.70. The number of benzene rings is 6. The van der Waals surface area contributed by atoms with E-state index in [4.69, 9.17) is 19.9 Å². The molecule has 54 heavy (non-hydrogen) atoms. The zero-order valence-electron chi connectivity index (χ0n) is 30.1. The maximum absolute atomic E-state index is 5.15. The van der Waals surface area contributed by atoms with Gasteiger partial charge < -0.3 is 4.57 Å². The second-order valence-electron chi connectivity index (χ2n) is 15.3. The number of hydrogen-bond acceptors (Lipinski definition) is 4. The van der Waals surface area contributed by atoms with Crippen LogP contribution in [-0.2, 0) is 5.41 Å². The van der Waals surface area contributed by atoms with E-state index in [2.05, 4.69) is 157 Å². The largest absolute Gasteiger partial charge is 0.309 e. The lowest BCUT2D eigenvalue weighted by molar-refractivity contribution is 0.588. The van der Waals surface area contributed by atoms with Gasteiger partial charge in [-0.05, 0) is 99.3 Å². The molecule has 6 nitrogen and oxygen atoms in total. The van der Waals surface area contributed by atoms with Gasteiger partial charge in [-0.15, -0.1) is 0 Å². The molecule has 0 aliphatic rings. The van der Waals surface area contributed by atoms with Crippen LogP contribution < -0.4 is 0 Å². The molecule has 6 aromatic carbocycles. The Bertz CT molecular complexity index is 3330. The molecule has 5 heterocycles. The molecule has 0 N–H and O–H groups in total. The number of fused-ring (bicyclic) bond motifs is 9. The summed E-state index contributed by atoms with van der Waals surface area (Å²) < 4.78 is 4.61. The molecule has 0 fully saturated rings. The van der Waals surface area contributed by atoms with E-state index in [1.807, 2.05) is 24.7 Å². The van der Waals surface area contributed by atoms with Crippen LogP contribution in [0.3, 0.4) is 0 Å². The van der Waals surface area contributed by atoms with Gasteiger partial charge in [-0.25, -0.2) is 15.0 Å². The van der Waals surface area contributed by atoms with Gasteiger partial charge >= 0.3 is 0 Å². The summed E-state index contributed by atoms with van der Waals surface area (Å²) in [6.45, 7) is 6.71. The second kappa shape index (κ2) is 11.3. The molecule has 0 spiro atoms. The number of rotatable bonds is 3. The summed E-state index contributed by atoms with van der Waals surface area (Å²) in [4.78, 5) is 19.8. The Morgan fingerprint density at radius 2 is 1.17 bits per heavy atom. The minimum absolute atomic E-state index is 0.0261. The van der Waals surface area contributed by atoms with Crippen LogP contribution in [0.4, 0.5) is 0 Å². The first-order valence-electron chi connectivity index (χ1n) is 18.4. The first kappa shape index (κ1) is 30.7. The van der Waals surface area contributed by atoms with Crippen LogP contribution in [0.15, 0.2) is 152 Å². The van der Waals surface area contributed by atoms with Crippen LogP contribution in [0, 0.1) is 0 Å². The number of aromatic nitrogens is 6. The van der Waals surface area contributed by atoms with Crippen molar-refractivity contribution >= 4 is 76.3 Å². The molecular formula is C48H34N6. The van der Waals surface area contributed by atoms with Crippen molar-refractivity contribution in [1.82, 2.24) is 29.1 Å². The van der Waals surface area contributed by atoms with Gasteiger partial charge in [0.05, 0.1) is 39.5 Å². The fourth-order valence-electron chi connectivity index (χ4n) is 8.19. The van der Waals surface area contributed by atoms with Crippen LogP contribution in [0.25, 0.3) is 99.1 Å². The van der Waals surface area contributed by atoms with E-state index in [1.54, 1.807) is 0 Å². The van der Waals surface area contributed by atoms with Crippen LogP contribution in [0.2, 0.25) is 0 Å². The van der Waals surface area contributed by atoms with E-state index < -0.39 is 0 Å². The number of hydrogen-bond donors (Lipinski definition) is 0. The molecular weight excluding hydrogens is 661 g/mol. The van der Waals surface area contributed by atoms with Gasteiger partial charge in [0, 0.05) is 45.2 Å². The molecule has 0 bridgehead atoms. The summed E-state index contributed by atoms with van der Waals surface area (Å²) in [5.74, 6) is 0.858. The van der Waals surface area contributed by atoms with Crippen molar-refractivity contribution in [3.8, 4) is 22.8 Å². The lowest BCUT2D eigenvalue weighted by Gasteiger charge is -2.19. The summed E-state index contributed by atoms with van der Waals surface area (Å²) >= 11 is 0. The molecule has 5 aromatic heterocycles. The molecule has 256 valence electrons. The van der Waals surface area contributed by atoms with Gasteiger partial charge in [-0.2, -0.15) is 0 Å². The van der Waals surface area contributed by atoms with Crippen LogP contribution in [0.1, 0.15) is 26.3 Å². The Labute approximate surface area is 311 Å². The molecule has 0 aliphatic heterocycles. The van der Waals surface area contributed by atoms with Crippen molar-refractivity contribution in [1.29, 1.82) is 0 Å². The molecule has 0 aliphatic carbocycles. The van der Waals surface area contributed by atoms with Crippen LogP contribution in [-0.4, -0.2) is 29.1 Å². The van der Waals surface area contributed by atoms with E-state index in [0.717, 1.165) is 77.5 Å².